The van der Waals surface area contributed by atoms with Crippen LogP contribution in [0.4, 0.5) is 0 Å². The number of aromatic nitrogens is 2. The van der Waals surface area contributed by atoms with Crippen molar-refractivity contribution >= 4 is 22.6 Å². The molecule has 29 heavy (non-hydrogen) atoms. The Labute approximate surface area is 176 Å². The molecule has 0 saturated heterocycles. The average Bonchev–Trinajstić information content (AvgIpc) is 3.06. The van der Waals surface area contributed by atoms with Crippen molar-refractivity contribution in [1.82, 2.24) is 9.55 Å². The van der Waals surface area contributed by atoms with Crippen molar-refractivity contribution in [2.75, 3.05) is 6.61 Å². The first-order valence-corrected chi connectivity index (χ1v) is 10.3. The summed E-state index contributed by atoms with van der Waals surface area (Å²) in [6.45, 7) is 7.74. The highest BCUT2D eigenvalue weighted by Crippen LogP contribution is 2.28. The van der Waals surface area contributed by atoms with E-state index in [1.807, 2.05) is 31.2 Å². The molecule has 148 valence electrons. The van der Waals surface area contributed by atoms with Gasteiger partial charge < -0.3 is 9.30 Å². The number of ether oxygens (including phenoxy) is 1. The molecule has 4 heteroatoms. The van der Waals surface area contributed by atoms with Gasteiger partial charge >= 0.3 is 0 Å². The molecule has 1 aromatic heterocycles. The molecule has 0 aliphatic heterocycles. The summed E-state index contributed by atoms with van der Waals surface area (Å²) in [6.07, 6.45) is 0.889. The second kappa shape index (κ2) is 8.30. The standard InChI is InChI=1S/C25H25ClN2O/c1-17-9-11-21(18(2)15-17)25-27-23-7-4-5-8-24(23)28(25)13-6-14-29-20-10-12-22(26)19(3)16-20/h4-5,7-12,15-16H,6,13-14H2,1-3H3. The Hall–Kier alpha value is -2.78. The SMILES string of the molecule is Cc1ccc(-c2nc3ccccc3n2CCCOc2ccc(Cl)c(C)c2)c(C)c1. The van der Waals surface area contributed by atoms with Crippen LogP contribution in [-0.4, -0.2) is 16.2 Å². The highest BCUT2D eigenvalue weighted by molar-refractivity contribution is 6.31. The van der Waals surface area contributed by atoms with Gasteiger partial charge in [-0.05, 0) is 68.7 Å². The normalized spacial score (nSPS) is 11.2. The molecule has 3 aromatic carbocycles. The van der Waals surface area contributed by atoms with Gasteiger partial charge in [0.1, 0.15) is 11.6 Å². The Bertz CT molecular complexity index is 1160. The summed E-state index contributed by atoms with van der Waals surface area (Å²) in [5.74, 6) is 1.88. The van der Waals surface area contributed by atoms with E-state index in [9.17, 15) is 0 Å². The van der Waals surface area contributed by atoms with Crippen molar-refractivity contribution in [3.63, 3.8) is 0 Å². The fourth-order valence-corrected chi connectivity index (χ4v) is 3.81. The molecule has 0 N–H and O–H groups in total. The molecule has 0 saturated carbocycles. The van der Waals surface area contributed by atoms with Gasteiger partial charge in [-0.1, -0.05) is 47.5 Å². The van der Waals surface area contributed by atoms with Crippen molar-refractivity contribution < 1.29 is 4.74 Å². The topological polar surface area (TPSA) is 27.1 Å². The van der Waals surface area contributed by atoms with Crippen LogP contribution in [0.5, 0.6) is 5.75 Å². The molecule has 0 unspecified atom stereocenters. The van der Waals surface area contributed by atoms with Crippen LogP contribution in [0, 0.1) is 20.8 Å². The lowest BCUT2D eigenvalue weighted by Crippen LogP contribution is -2.06. The van der Waals surface area contributed by atoms with E-state index in [-0.39, 0.29) is 0 Å². The number of aryl methyl sites for hydroxylation is 4. The minimum atomic E-state index is 0.639. The van der Waals surface area contributed by atoms with Crippen LogP contribution in [0.3, 0.4) is 0 Å². The number of nitrogens with zero attached hydrogens (tertiary/aromatic N) is 2. The van der Waals surface area contributed by atoms with Crippen LogP contribution < -0.4 is 4.74 Å². The minimum absolute atomic E-state index is 0.639. The van der Waals surface area contributed by atoms with Crippen LogP contribution in [0.25, 0.3) is 22.4 Å². The van der Waals surface area contributed by atoms with Crippen molar-refractivity contribution in [2.24, 2.45) is 0 Å². The fraction of sp³-hybridized carbons (Fsp3) is 0.240. The first-order chi connectivity index (χ1) is 14.0. The maximum atomic E-state index is 6.10. The molecule has 0 aliphatic carbocycles. The van der Waals surface area contributed by atoms with E-state index >= 15 is 0 Å². The molecule has 0 bridgehead atoms. The van der Waals surface area contributed by atoms with Crippen molar-refractivity contribution in [2.45, 2.75) is 33.7 Å². The second-order valence-electron chi connectivity index (χ2n) is 7.51. The Morgan fingerprint density at radius 3 is 2.55 bits per heavy atom. The molecule has 4 rings (SSSR count). The first kappa shape index (κ1) is 19.5. The van der Waals surface area contributed by atoms with E-state index in [1.54, 1.807) is 0 Å². The maximum absolute atomic E-state index is 6.10. The zero-order chi connectivity index (χ0) is 20.4. The zero-order valence-corrected chi connectivity index (χ0v) is 17.8. The van der Waals surface area contributed by atoms with Crippen LogP contribution in [0.2, 0.25) is 5.02 Å². The highest BCUT2D eigenvalue weighted by atomic mass is 35.5. The third-order valence-corrected chi connectivity index (χ3v) is 5.63. The second-order valence-corrected chi connectivity index (χ2v) is 7.91. The molecular weight excluding hydrogens is 380 g/mol. The summed E-state index contributed by atoms with van der Waals surface area (Å²) in [5, 5.41) is 0.764. The Morgan fingerprint density at radius 2 is 1.76 bits per heavy atom. The number of hydrogen-bond donors (Lipinski definition) is 0. The highest BCUT2D eigenvalue weighted by Gasteiger charge is 2.14. The van der Waals surface area contributed by atoms with Crippen LogP contribution in [0.15, 0.2) is 60.7 Å². The zero-order valence-electron chi connectivity index (χ0n) is 17.1. The van der Waals surface area contributed by atoms with E-state index < -0.39 is 0 Å². The first-order valence-electron chi connectivity index (χ1n) is 9.95. The molecule has 0 atom stereocenters. The summed E-state index contributed by atoms with van der Waals surface area (Å²) < 4.78 is 8.25. The van der Waals surface area contributed by atoms with Crippen molar-refractivity contribution in [1.29, 1.82) is 0 Å². The smallest absolute Gasteiger partial charge is 0.141 e. The molecule has 1 heterocycles. The quantitative estimate of drug-likeness (QED) is 0.332. The van der Waals surface area contributed by atoms with Crippen LogP contribution in [0.1, 0.15) is 23.1 Å². The average molecular weight is 405 g/mol. The number of benzene rings is 3. The van der Waals surface area contributed by atoms with Gasteiger partial charge in [-0.15, -0.1) is 0 Å². The van der Waals surface area contributed by atoms with Gasteiger partial charge in [0.05, 0.1) is 17.6 Å². The predicted molar refractivity (Wildman–Crippen MR) is 121 cm³/mol. The Balaban J connectivity index is 1.56. The van der Waals surface area contributed by atoms with Crippen LogP contribution >= 0.6 is 11.6 Å². The van der Waals surface area contributed by atoms with E-state index in [1.165, 1.54) is 16.7 Å². The molecule has 3 nitrogen and oxygen atoms in total. The lowest BCUT2D eigenvalue weighted by atomic mass is 10.1. The van der Waals surface area contributed by atoms with Gasteiger partial charge in [0.25, 0.3) is 0 Å². The summed E-state index contributed by atoms with van der Waals surface area (Å²) >= 11 is 6.10. The number of halogens is 1. The van der Waals surface area contributed by atoms with E-state index in [4.69, 9.17) is 21.3 Å². The summed E-state index contributed by atoms with van der Waals surface area (Å²) in [6, 6.07) is 20.6. The fourth-order valence-electron chi connectivity index (χ4n) is 3.69. The number of rotatable bonds is 6. The molecule has 0 spiro atoms. The summed E-state index contributed by atoms with van der Waals surface area (Å²) in [7, 11) is 0. The lowest BCUT2D eigenvalue weighted by Gasteiger charge is -2.13. The van der Waals surface area contributed by atoms with Gasteiger partial charge in [0.2, 0.25) is 0 Å². The van der Waals surface area contributed by atoms with E-state index in [0.29, 0.717) is 6.61 Å². The number of hydrogen-bond acceptors (Lipinski definition) is 2. The predicted octanol–water partition coefficient (Wildman–Crippen LogP) is 6.75. The van der Waals surface area contributed by atoms with Crippen LogP contribution in [-0.2, 0) is 6.54 Å². The van der Waals surface area contributed by atoms with E-state index in [2.05, 4.69) is 54.8 Å². The third kappa shape index (κ3) is 4.15. The minimum Gasteiger partial charge on any atom is -0.494 e. The Kier molecular flexibility index (Phi) is 5.59. The number of para-hydroxylation sites is 2. The molecule has 4 aromatic rings. The van der Waals surface area contributed by atoms with Gasteiger partial charge in [-0.2, -0.15) is 0 Å². The Morgan fingerprint density at radius 1 is 0.931 bits per heavy atom. The van der Waals surface area contributed by atoms with Gasteiger partial charge in [-0.3, -0.25) is 0 Å². The molecule has 0 amide bonds. The largest absolute Gasteiger partial charge is 0.494 e. The van der Waals surface area contributed by atoms with Crippen molar-refractivity contribution in [3.8, 4) is 17.1 Å². The number of imidazole rings is 1. The van der Waals surface area contributed by atoms with Gasteiger partial charge in [0.15, 0.2) is 0 Å². The molecule has 0 radical (unpaired) electrons. The maximum Gasteiger partial charge on any atom is 0.141 e. The third-order valence-electron chi connectivity index (χ3n) is 5.20. The molecule has 0 fully saturated rings. The van der Waals surface area contributed by atoms with E-state index in [0.717, 1.165) is 46.2 Å². The number of fused-ring (bicyclic) bond motifs is 1. The van der Waals surface area contributed by atoms with Gasteiger partial charge in [-0.25, -0.2) is 4.98 Å². The summed E-state index contributed by atoms with van der Waals surface area (Å²) in [4.78, 5) is 4.94. The monoisotopic (exact) mass is 404 g/mol. The van der Waals surface area contributed by atoms with Crippen molar-refractivity contribution in [3.05, 3.63) is 82.4 Å². The molecular formula is C25H25ClN2O. The van der Waals surface area contributed by atoms with Gasteiger partial charge in [0, 0.05) is 17.1 Å². The lowest BCUT2D eigenvalue weighted by molar-refractivity contribution is 0.302. The summed E-state index contributed by atoms with van der Waals surface area (Å²) in [5.41, 5.74) is 6.90. The molecule has 0 aliphatic rings.